The average Bonchev–Trinajstić information content (AvgIpc) is 3.72. The van der Waals surface area contributed by atoms with Gasteiger partial charge in [0.2, 0.25) is 11.9 Å². The van der Waals surface area contributed by atoms with Crippen LogP contribution in [0.3, 0.4) is 0 Å². The van der Waals surface area contributed by atoms with Gasteiger partial charge in [-0.2, -0.15) is 5.01 Å². The molecule has 3 amide bonds. The van der Waals surface area contributed by atoms with Crippen LogP contribution in [0, 0.1) is 24.7 Å². The van der Waals surface area contributed by atoms with E-state index < -0.39 is 29.8 Å². The highest BCUT2D eigenvalue weighted by molar-refractivity contribution is 6.22. The minimum atomic E-state index is -0.995. The van der Waals surface area contributed by atoms with Crippen LogP contribution in [-0.2, 0) is 24.0 Å². The number of pyridine rings is 1. The molecule has 1 aromatic heterocycles. The smallest absolute Gasteiger partial charge is 0.321 e. The summed E-state index contributed by atoms with van der Waals surface area (Å²) in [6.45, 7) is 9.99. The van der Waals surface area contributed by atoms with E-state index in [1.54, 1.807) is 22.9 Å². The van der Waals surface area contributed by atoms with Crippen molar-refractivity contribution in [2.75, 3.05) is 32.7 Å². The first-order chi connectivity index (χ1) is 23.7. The maximum Gasteiger partial charge on any atom is 0.321 e. The van der Waals surface area contributed by atoms with Gasteiger partial charge in [0.05, 0.1) is 23.8 Å². The number of fused-ring (bicyclic) bond motifs is 3. The summed E-state index contributed by atoms with van der Waals surface area (Å²) in [7, 11) is 5.50. The number of hydrogen-bond acceptors (Lipinski definition) is 9. The Morgan fingerprint density at radius 2 is 1.80 bits per heavy atom. The quantitative estimate of drug-likeness (QED) is 0.287. The van der Waals surface area contributed by atoms with Crippen LogP contribution in [0.15, 0.2) is 59.9 Å². The first-order valence-electron chi connectivity index (χ1n) is 16.7. The van der Waals surface area contributed by atoms with Gasteiger partial charge in [-0.15, -0.1) is 0 Å². The number of hydrazine groups is 1. The van der Waals surface area contributed by atoms with E-state index in [1.807, 2.05) is 71.5 Å². The SMILES string of the molecule is C=C(C)[C@H]1CN[C@H](C(=O)O)[C@H]1CC(=O)O.CCCC1C(=O)N2C(N(C)C)=Nc3ccc(C)cc3N2C1=O.CN1C(=O)CC[C@H]1c1cccnc1. The number of guanidine groups is 1. The van der Waals surface area contributed by atoms with Crippen LogP contribution in [0.5, 0.6) is 0 Å². The summed E-state index contributed by atoms with van der Waals surface area (Å²) >= 11 is 0. The topological polar surface area (TPSA) is 176 Å². The van der Waals surface area contributed by atoms with Crippen LogP contribution in [0.2, 0.25) is 0 Å². The second-order valence-corrected chi connectivity index (χ2v) is 13.2. The first kappa shape index (κ1) is 37.7. The van der Waals surface area contributed by atoms with Crippen LogP contribution in [0.4, 0.5) is 11.4 Å². The minimum absolute atomic E-state index is 0.0674. The maximum absolute atomic E-state index is 12.8. The zero-order valence-corrected chi connectivity index (χ0v) is 29.5. The lowest BCUT2D eigenvalue weighted by molar-refractivity contribution is -0.142. The van der Waals surface area contributed by atoms with Crippen molar-refractivity contribution in [2.45, 2.75) is 65.0 Å². The van der Waals surface area contributed by atoms with E-state index in [9.17, 15) is 24.0 Å². The van der Waals surface area contributed by atoms with Crippen molar-refractivity contribution < 1.29 is 34.2 Å². The molecule has 1 aromatic carbocycles. The molecule has 14 heteroatoms. The molecule has 4 aliphatic heterocycles. The van der Waals surface area contributed by atoms with Crippen LogP contribution in [0.1, 0.15) is 63.1 Å². The number of nitrogens with one attached hydrogen (secondary N) is 1. The number of likely N-dealkylation sites (tertiary alicyclic amines) is 1. The Bertz CT molecular complexity index is 1640. The molecule has 0 aliphatic carbocycles. The molecule has 14 nitrogen and oxygen atoms in total. The highest BCUT2D eigenvalue weighted by Crippen LogP contribution is 2.40. The number of carboxylic acids is 2. The predicted molar refractivity (Wildman–Crippen MR) is 187 cm³/mol. The van der Waals surface area contributed by atoms with Gasteiger partial charge in [-0.3, -0.25) is 29.0 Å². The summed E-state index contributed by atoms with van der Waals surface area (Å²) in [6, 6.07) is 9.13. The average molecular weight is 690 g/mol. The zero-order chi connectivity index (χ0) is 36.9. The Kier molecular flexibility index (Phi) is 12.1. The van der Waals surface area contributed by atoms with E-state index >= 15 is 0 Å². The third-order valence-corrected chi connectivity index (χ3v) is 9.33. The number of benzene rings is 1. The third kappa shape index (κ3) is 8.02. The second-order valence-electron chi connectivity index (χ2n) is 13.2. The molecular formula is C36H47N7O7. The van der Waals surface area contributed by atoms with E-state index in [1.165, 1.54) is 10.0 Å². The summed E-state index contributed by atoms with van der Waals surface area (Å²) in [5, 5.41) is 23.4. The van der Waals surface area contributed by atoms with E-state index in [4.69, 9.17) is 10.2 Å². The Labute approximate surface area is 292 Å². The Morgan fingerprint density at radius 3 is 2.34 bits per heavy atom. The highest BCUT2D eigenvalue weighted by Gasteiger charge is 2.50. The van der Waals surface area contributed by atoms with Crippen molar-refractivity contribution in [1.29, 1.82) is 0 Å². The standard InChI is InChI=1S/C16H20N4O2.C10H12N2O.C10H15NO4/c1-5-6-11-14(21)19-13-9-10(2)7-8-12(13)17-16(18(3)4)20(19)15(11)22;1-12-9(4-5-10(12)13)8-3-2-6-11-7-8;1-5(2)7-4-11-9(10(14)15)6(7)3-8(12)13/h7-9,11H,5-6H2,1-4H3;2-3,6-7,9H,4-5H2,1H3;6-7,9,11H,1,3-4H2,2H3,(H,12,13)(H,14,15)/t;9-;6-,7+,9-/m.00/s1. The third-order valence-electron chi connectivity index (χ3n) is 9.33. The fraction of sp³-hybridized carbons (Fsp3) is 0.472. The summed E-state index contributed by atoms with van der Waals surface area (Å²) in [6.07, 6.45) is 6.38. The number of aryl methyl sites for hydroxylation is 1. The van der Waals surface area contributed by atoms with E-state index in [0.29, 0.717) is 36.7 Å². The molecule has 0 bridgehead atoms. The van der Waals surface area contributed by atoms with Crippen LogP contribution >= 0.6 is 0 Å². The number of amides is 3. The van der Waals surface area contributed by atoms with Crippen LogP contribution in [-0.4, -0.2) is 99.4 Å². The molecule has 3 saturated heterocycles. The number of aromatic nitrogens is 1. The lowest BCUT2D eigenvalue weighted by atomic mass is 9.84. The lowest BCUT2D eigenvalue weighted by Gasteiger charge is -2.35. The van der Waals surface area contributed by atoms with Gasteiger partial charge in [-0.05, 0) is 61.9 Å². The van der Waals surface area contributed by atoms with Gasteiger partial charge in [-0.25, -0.2) is 10.0 Å². The summed E-state index contributed by atoms with van der Waals surface area (Å²) < 4.78 is 0. The van der Waals surface area contributed by atoms with Crippen molar-refractivity contribution in [3.05, 3.63) is 66.0 Å². The number of anilines is 1. The first-order valence-corrected chi connectivity index (χ1v) is 16.7. The van der Waals surface area contributed by atoms with Gasteiger partial charge in [0.15, 0.2) is 0 Å². The number of rotatable bonds is 7. The van der Waals surface area contributed by atoms with E-state index in [0.717, 1.165) is 29.5 Å². The van der Waals surface area contributed by atoms with Gasteiger partial charge in [0.1, 0.15) is 12.0 Å². The molecule has 1 unspecified atom stereocenters. The van der Waals surface area contributed by atoms with Crippen LogP contribution in [0.25, 0.3) is 0 Å². The summed E-state index contributed by atoms with van der Waals surface area (Å²) in [4.78, 5) is 70.4. The zero-order valence-electron chi connectivity index (χ0n) is 29.5. The van der Waals surface area contributed by atoms with Gasteiger partial charge in [-0.1, -0.05) is 37.6 Å². The van der Waals surface area contributed by atoms with Gasteiger partial charge in [0, 0.05) is 52.4 Å². The second kappa shape index (κ2) is 16.1. The number of hydrogen-bond donors (Lipinski definition) is 3. The number of carbonyl (C=O) groups excluding carboxylic acids is 3. The molecule has 0 spiro atoms. The number of carboxylic acid groups (broad SMARTS) is 2. The van der Waals surface area contributed by atoms with Gasteiger partial charge in [0.25, 0.3) is 11.8 Å². The molecule has 0 radical (unpaired) electrons. The van der Waals surface area contributed by atoms with Crippen molar-refractivity contribution in [3.63, 3.8) is 0 Å². The van der Waals surface area contributed by atoms with Gasteiger partial charge < -0.3 is 25.3 Å². The molecule has 50 heavy (non-hydrogen) atoms. The monoisotopic (exact) mass is 689 g/mol. The number of aliphatic imine (C=N–C) groups is 1. The van der Waals surface area contributed by atoms with Crippen molar-refractivity contribution in [1.82, 2.24) is 25.1 Å². The molecule has 5 heterocycles. The van der Waals surface area contributed by atoms with Gasteiger partial charge >= 0.3 is 11.9 Å². The molecule has 6 rings (SSSR count). The van der Waals surface area contributed by atoms with E-state index in [2.05, 4.69) is 21.9 Å². The number of aliphatic carboxylic acids is 2. The molecule has 3 N–H and O–H groups in total. The van der Waals surface area contributed by atoms with E-state index in [-0.39, 0.29) is 36.1 Å². The molecule has 268 valence electrons. The molecule has 4 aliphatic rings. The Balaban J connectivity index is 0.000000176. The Hall–Kier alpha value is -5.11. The minimum Gasteiger partial charge on any atom is -0.481 e. The molecule has 0 saturated carbocycles. The maximum atomic E-state index is 12.8. The van der Waals surface area contributed by atoms with Crippen molar-refractivity contribution in [2.24, 2.45) is 22.7 Å². The molecular weight excluding hydrogens is 642 g/mol. The number of carbonyl (C=O) groups is 5. The van der Waals surface area contributed by atoms with Crippen molar-refractivity contribution in [3.8, 4) is 0 Å². The molecule has 2 aromatic rings. The number of nitrogens with zero attached hydrogens (tertiary/aromatic N) is 6. The normalized spacial score (nSPS) is 23.6. The fourth-order valence-corrected chi connectivity index (χ4v) is 6.72. The molecule has 3 fully saturated rings. The predicted octanol–water partition coefficient (Wildman–Crippen LogP) is 3.77. The Morgan fingerprint density at radius 1 is 1.10 bits per heavy atom. The summed E-state index contributed by atoms with van der Waals surface area (Å²) in [5.41, 5.74) is 4.39. The largest absolute Gasteiger partial charge is 0.481 e. The molecule has 5 atom stereocenters. The lowest BCUT2D eigenvalue weighted by Crippen LogP contribution is -2.52. The highest BCUT2D eigenvalue weighted by atomic mass is 16.4. The summed E-state index contributed by atoms with van der Waals surface area (Å²) in [5.74, 6) is -2.69. The van der Waals surface area contributed by atoms with Crippen LogP contribution < -0.4 is 10.3 Å². The van der Waals surface area contributed by atoms with Crippen molar-refractivity contribution >= 4 is 47.0 Å². The fourth-order valence-electron chi connectivity index (χ4n) is 6.72.